The molecule has 0 saturated heterocycles. The lowest BCUT2D eigenvalue weighted by molar-refractivity contribution is 0.0928. The van der Waals surface area contributed by atoms with Crippen LogP contribution in [0.15, 0.2) is 5.11 Å². The number of benzene rings is 1. The van der Waals surface area contributed by atoms with Crippen molar-refractivity contribution in [2.24, 2.45) is 11.0 Å². The molecule has 96 valence electrons. The van der Waals surface area contributed by atoms with Crippen LogP contribution in [0.2, 0.25) is 0 Å². The Hall–Kier alpha value is -2.08. The summed E-state index contributed by atoms with van der Waals surface area (Å²) in [5.41, 5.74) is 5.28. The standard InChI is InChI=1S/C10H7F4N3O/c1-3(2)10(18)4-5(11)7(13)9(16-17-15)8(14)6(4)12/h3H,1-2H3. The van der Waals surface area contributed by atoms with Gasteiger partial charge < -0.3 is 0 Å². The maximum Gasteiger partial charge on any atom is 0.173 e. The van der Waals surface area contributed by atoms with Crippen molar-refractivity contribution in [2.75, 3.05) is 0 Å². The lowest BCUT2D eigenvalue weighted by atomic mass is 9.99. The number of nitrogens with zero attached hydrogens (tertiary/aromatic N) is 3. The molecule has 0 bridgehead atoms. The summed E-state index contributed by atoms with van der Waals surface area (Å²) < 4.78 is 53.5. The Labute approximate surface area is 98.8 Å². The highest BCUT2D eigenvalue weighted by Crippen LogP contribution is 2.31. The van der Waals surface area contributed by atoms with Crippen molar-refractivity contribution >= 4 is 11.5 Å². The normalized spacial score (nSPS) is 10.4. The van der Waals surface area contributed by atoms with E-state index in [9.17, 15) is 22.4 Å². The molecule has 0 amide bonds. The van der Waals surface area contributed by atoms with Gasteiger partial charge in [-0.3, -0.25) is 4.79 Å². The number of hydrogen-bond acceptors (Lipinski definition) is 2. The molecule has 1 rings (SSSR count). The molecular weight excluding hydrogens is 254 g/mol. The number of Topliss-reactive ketones (excluding diaryl/α,β-unsaturated/α-hetero) is 1. The van der Waals surface area contributed by atoms with E-state index in [2.05, 4.69) is 5.11 Å². The Bertz CT molecular complexity index is 536. The van der Waals surface area contributed by atoms with E-state index in [1.807, 2.05) is 4.91 Å². The van der Waals surface area contributed by atoms with E-state index in [1.54, 1.807) is 0 Å². The quantitative estimate of drug-likeness (QED) is 0.202. The van der Waals surface area contributed by atoms with Crippen molar-refractivity contribution in [1.82, 2.24) is 0 Å². The highest BCUT2D eigenvalue weighted by atomic mass is 19.2. The van der Waals surface area contributed by atoms with E-state index >= 15 is 0 Å². The lowest BCUT2D eigenvalue weighted by Gasteiger charge is -2.10. The molecule has 1 aromatic carbocycles. The number of rotatable bonds is 3. The minimum Gasteiger partial charge on any atom is -0.294 e. The summed E-state index contributed by atoms with van der Waals surface area (Å²) in [4.78, 5) is 13.5. The van der Waals surface area contributed by atoms with Gasteiger partial charge in [0.15, 0.2) is 29.1 Å². The smallest absolute Gasteiger partial charge is 0.173 e. The van der Waals surface area contributed by atoms with Gasteiger partial charge in [0.1, 0.15) is 5.69 Å². The summed E-state index contributed by atoms with van der Waals surface area (Å²) in [5.74, 6) is -9.45. The van der Waals surface area contributed by atoms with Gasteiger partial charge in [-0.25, -0.2) is 17.6 Å². The number of carbonyl (C=O) groups is 1. The largest absolute Gasteiger partial charge is 0.294 e. The number of azide groups is 1. The molecule has 0 unspecified atom stereocenters. The zero-order valence-corrected chi connectivity index (χ0v) is 9.34. The van der Waals surface area contributed by atoms with Crippen LogP contribution in [-0.4, -0.2) is 5.78 Å². The van der Waals surface area contributed by atoms with Crippen molar-refractivity contribution in [3.63, 3.8) is 0 Å². The fourth-order valence-electron chi connectivity index (χ4n) is 1.26. The van der Waals surface area contributed by atoms with Crippen LogP contribution in [0.3, 0.4) is 0 Å². The zero-order chi connectivity index (χ0) is 14.0. The number of halogens is 4. The molecule has 0 fully saturated rings. The summed E-state index contributed by atoms with van der Waals surface area (Å²) in [5, 5.41) is 2.51. The Morgan fingerprint density at radius 2 is 1.56 bits per heavy atom. The van der Waals surface area contributed by atoms with Crippen LogP contribution in [-0.2, 0) is 0 Å². The molecule has 0 heterocycles. The van der Waals surface area contributed by atoms with Gasteiger partial charge in [-0.2, -0.15) is 0 Å². The first kappa shape index (κ1) is 14.0. The Kier molecular flexibility index (Phi) is 3.93. The molecule has 8 heteroatoms. The van der Waals surface area contributed by atoms with Gasteiger partial charge in [0.05, 0.1) is 5.56 Å². The topological polar surface area (TPSA) is 65.8 Å². The lowest BCUT2D eigenvalue weighted by Crippen LogP contribution is -2.15. The minimum absolute atomic E-state index is 0.849. The maximum atomic E-state index is 13.5. The number of hydrogen-bond donors (Lipinski definition) is 0. The second-order valence-corrected chi connectivity index (χ2v) is 3.69. The van der Waals surface area contributed by atoms with Crippen LogP contribution in [0.25, 0.3) is 10.4 Å². The van der Waals surface area contributed by atoms with Crippen LogP contribution >= 0.6 is 0 Å². The number of ketones is 1. The molecule has 0 aliphatic heterocycles. The second-order valence-electron chi connectivity index (χ2n) is 3.69. The Balaban J connectivity index is 3.68. The first-order chi connectivity index (χ1) is 8.32. The summed E-state index contributed by atoms with van der Waals surface area (Å²) >= 11 is 0. The van der Waals surface area contributed by atoms with E-state index in [1.165, 1.54) is 13.8 Å². The number of carbonyl (C=O) groups excluding carboxylic acids is 1. The SMILES string of the molecule is CC(C)C(=O)c1c(F)c(F)c(N=[N+]=[N-])c(F)c1F. The van der Waals surface area contributed by atoms with Crippen molar-refractivity contribution in [1.29, 1.82) is 0 Å². The molecular formula is C10H7F4N3O. The molecule has 0 spiro atoms. The van der Waals surface area contributed by atoms with Crippen LogP contribution < -0.4 is 0 Å². The van der Waals surface area contributed by atoms with Crippen molar-refractivity contribution in [3.05, 3.63) is 39.3 Å². The summed E-state index contributed by atoms with van der Waals surface area (Å²) in [6, 6.07) is 0. The van der Waals surface area contributed by atoms with Crippen molar-refractivity contribution < 1.29 is 22.4 Å². The monoisotopic (exact) mass is 261 g/mol. The molecule has 0 atom stereocenters. The average molecular weight is 261 g/mol. The highest BCUT2D eigenvalue weighted by Gasteiger charge is 2.29. The summed E-state index contributed by atoms with van der Waals surface area (Å²) in [6.07, 6.45) is 0. The van der Waals surface area contributed by atoms with Gasteiger partial charge in [-0.15, -0.1) is 0 Å². The molecule has 1 aromatic rings. The highest BCUT2D eigenvalue weighted by molar-refractivity contribution is 5.98. The predicted molar refractivity (Wildman–Crippen MR) is 54.2 cm³/mol. The van der Waals surface area contributed by atoms with Gasteiger partial charge in [0, 0.05) is 10.8 Å². The fraction of sp³-hybridized carbons (Fsp3) is 0.300. The molecule has 0 aromatic heterocycles. The molecule has 0 N–H and O–H groups in total. The fourth-order valence-corrected chi connectivity index (χ4v) is 1.26. The van der Waals surface area contributed by atoms with E-state index in [0.29, 0.717) is 0 Å². The minimum atomic E-state index is -1.89. The van der Waals surface area contributed by atoms with E-state index in [4.69, 9.17) is 5.53 Å². The van der Waals surface area contributed by atoms with Crippen LogP contribution in [0, 0.1) is 29.2 Å². The molecule has 0 aliphatic carbocycles. The Morgan fingerprint density at radius 3 is 1.89 bits per heavy atom. The first-order valence-corrected chi connectivity index (χ1v) is 4.78. The van der Waals surface area contributed by atoms with Gasteiger partial charge in [-0.05, 0) is 5.53 Å². The van der Waals surface area contributed by atoms with E-state index < -0.39 is 46.2 Å². The van der Waals surface area contributed by atoms with Gasteiger partial charge in [0.2, 0.25) is 0 Å². The Morgan fingerprint density at radius 1 is 1.11 bits per heavy atom. The summed E-state index contributed by atoms with van der Waals surface area (Å²) in [7, 11) is 0. The molecule has 4 nitrogen and oxygen atoms in total. The van der Waals surface area contributed by atoms with Gasteiger partial charge >= 0.3 is 0 Å². The zero-order valence-electron chi connectivity index (χ0n) is 9.34. The average Bonchev–Trinajstić information content (AvgIpc) is 2.32. The third-order valence-corrected chi connectivity index (χ3v) is 2.16. The van der Waals surface area contributed by atoms with Gasteiger partial charge in [-0.1, -0.05) is 19.0 Å². The van der Waals surface area contributed by atoms with Crippen LogP contribution in [0.5, 0.6) is 0 Å². The van der Waals surface area contributed by atoms with Crippen molar-refractivity contribution in [2.45, 2.75) is 13.8 Å². The molecule has 0 aliphatic rings. The third-order valence-electron chi connectivity index (χ3n) is 2.16. The molecule has 18 heavy (non-hydrogen) atoms. The molecule has 0 radical (unpaired) electrons. The third kappa shape index (κ3) is 2.14. The van der Waals surface area contributed by atoms with Crippen molar-refractivity contribution in [3.8, 4) is 0 Å². The van der Waals surface area contributed by atoms with Crippen LogP contribution in [0.1, 0.15) is 24.2 Å². The van der Waals surface area contributed by atoms with E-state index in [0.717, 1.165) is 0 Å². The second kappa shape index (κ2) is 5.05. The molecule has 0 saturated carbocycles. The maximum absolute atomic E-state index is 13.5. The first-order valence-electron chi connectivity index (χ1n) is 4.78. The van der Waals surface area contributed by atoms with Gasteiger partial charge in [0.25, 0.3) is 0 Å². The van der Waals surface area contributed by atoms with Crippen LogP contribution in [0.4, 0.5) is 23.2 Å². The van der Waals surface area contributed by atoms with E-state index in [-0.39, 0.29) is 0 Å². The predicted octanol–water partition coefficient (Wildman–Crippen LogP) is 4.02. The summed E-state index contributed by atoms with van der Waals surface area (Å²) in [6.45, 7) is 2.64.